The van der Waals surface area contributed by atoms with Crippen LogP contribution in [0.1, 0.15) is 48.4 Å². The van der Waals surface area contributed by atoms with E-state index in [0.29, 0.717) is 24.6 Å². The lowest BCUT2D eigenvalue weighted by atomic mass is 10.1. The average Bonchev–Trinajstić information content (AvgIpc) is 2.62. The van der Waals surface area contributed by atoms with Crippen LogP contribution in [0.15, 0.2) is 30.3 Å². The monoisotopic (exact) mass is 358 g/mol. The van der Waals surface area contributed by atoms with Crippen molar-refractivity contribution in [2.75, 3.05) is 24.5 Å². The molecule has 0 saturated carbocycles. The van der Waals surface area contributed by atoms with E-state index in [9.17, 15) is 9.18 Å². The van der Waals surface area contributed by atoms with Gasteiger partial charge in [-0.2, -0.15) is 0 Å². The lowest BCUT2D eigenvalue weighted by molar-refractivity contribution is 0.0949. The number of hydrogen-bond acceptors (Lipinski definition) is 4. The van der Waals surface area contributed by atoms with Crippen LogP contribution in [0.25, 0.3) is 0 Å². The zero-order valence-corrected chi connectivity index (χ0v) is 15.8. The number of hydrogen-bond donors (Lipinski definition) is 1. The van der Waals surface area contributed by atoms with Gasteiger partial charge in [0, 0.05) is 25.3 Å². The molecule has 0 aliphatic carbocycles. The standard InChI is InChI=1S/C20H27FN4O/c1-4-12-25(13-5-2)20-23-15(3)14-18(24-20)19(26)22-11-10-16-6-8-17(21)9-7-16/h6-9,14H,4-5,10-13H2,1-3H3,(H,22,26). The topological polar surface area (TPSA) is 58.1 Å². The quantitative estimate of drug-likeness (QED) is 0.745. The van der Waals surface area contributed by atoms with E-state index >= 15 is 0 Å². The minimum atomic E-state index is -0.259. The normalized spacial score (nSPS) is 10.6. The Morgan fingerprint density at radius 2 is 1.77 bits per heavy atom. The highest BCUT2D eigenvalue weighted by Gasteiger charge is 2.14. The Bertz CT molecular complexity index is 712. The maximum Gasteiger partial charge on any atom is 0.270 e. The maximum absolute atomic E-state index is 12.9. The van der Waals surface area contributed by atoms with Crippen molar-refractivity contribution in [2.45, 2.75) is 40.0 Å². The van der Waals surface area contributed by atoms with E-state index < -0.39 is 0 Å². The predicted octanol–water partition coefficient (Wildman–Crippen LogP) is 3.52. The highest BCUT2D eigenvalue weighted by molar-refractivity contribution is 5.92. The summed E-state index contributed by atoms with van der Waals surface area (Å²) >= 11 is 0. The third-order valence-electron chi connectivity index (χ3n) is 3.96. The van der Waals surface area contributed by atoms with E-state index in [1.54, 1.807) is 18.2 Å². The number of rotatable bonds is 9. The number of nitrogens with zero attached hydrogens (tertiary/aromatic N) is 3. The number of aryl methyl sites for hydroxylation is 1. The van der Waals surface area contributed by atoms with Gasteiger partial charge in [0.1, 0.15) is 11.5 Å². The van der Waals surface area contributed by atoms with Crippen molar-refractivity contribution in [1.82, 2.24) is 15.3 Å². The smallest absolute Gasteiger partial charge is 0.270 e. The molecule has 0 saturated heterocycles. The summed E-state index contributed by atoms with van der Waals surface area (Å²) in [5.74, 6) is 0.134. The molecule has 5 nitrogen and oxygen atoms in total. The zero-order chi connectivity index (χ0) is 18.9. The third kappa shape index (κ3) is 5.79. The molecule has 0 spiro atoms. The summed E-state index contributed by atoms with van der Waals surface area (Å²) in [7, 11) is 0. The Balaban J connectivity index is 2.02. The van der Waals surface area contributed by atoms with Gasteiger partial charge in [-0.05, 0) is 49.9 Å². The first-order valence-corrected chi connectivity index (χ1v) is 9.16. The maximum atomic E-state index is 12.9. The summed E-state index contributed by atoms with van der Waals surface area (Å²) in [6, 6.07) is 8.00. The number of amides is 1. The minimum absolute atomic E-state index is 0.216. The minimum Gasteiger partial charge on any atom is -0.350 e. The Labute approximate surface area is 154 Å². The van der Waals surface area contributed by atoms with Crippen molar-refractivity contribution < 1.29 is 9.18 Å². The number of halogens is 1. The van der Waals surface area contributed by atoms with Gasteiger partial charge in [0.25, 0.3) is 5.91 Å². The van der Waals surface area contributed by atoms with Crippen LogP contribution in [0.4, 0.5) is 10.3 Å². The van der Waals surface area contributed by atoms with Gasteiger partial charge in [-0.15, -0.1) is 0 Å². The number of anilines is 1. The molecular weight excluding hydrogens is 331 g/mol. The highest BCUT2D eigenvalue weighted by Crippen LogP contribution is 2.12. The third-order valence-corrected chi connectivity index (χ3v) is 3.96. The molecule has 0 aliphatic heterocycles. The number of nitrogens with one attached hydrogen (secondary N) is 1. The average molecular weight is 358 g/mol. The van der Waals surface area contributed by atoms with Gasteiger partial charge < -0.3 is 10.2 Å². The summed E-state index contributed by atoms with van der Waals surface area (Å²) in [4.78, 5) is 23.5. The van der Waals surface area contributed by atoms with E-state index in [2.05, 4.69) is 34.0 Å². The first kappa shape index (κ1) is 19.8. The fourth-order valence-corrected chi connectivity index (χ4v) is 2.72. The van der Waals surface area contributed by atoms with Crippen LogP contribution in [0.3, 0.4) is 0 Å². The number of aromatic nitrogens is 2. The lowest BCUT2D eigenvalue weighted by Crippen LogP contribution is -2.30. The van der Waals surface area contributed by atoms with Crippen LogP contribution < -0.4 is 10.2 Å². The summed E-state index contributed by atoms with van der Waals surface area (Å²) in [6.07, 6.45) is 2.63. The number of carbonyl (C=O) groups excluding carboxylic acids is 1. The van der Waals surface area contributed by atoms with Gasteiger partial charge in [-0.25, -0.2) is 14.4 Å². The van der Waals surface area contributed by atoms with Crippen LogP contribution in [0, 0.1) is 12.7 Å². The molecule has 1 amide bonds. The Hall–Kier alpha value is -2.50. The molecule has 140 valence electrons. The fraction of sp³-hybridized carbons (Fsp3) is 0.450. The SMILES string of the molecule is CCCN(CCC)c1nc(C)cc(C(=O)NCCc2ccc(F)cc2)n1. The Morgan fingerprint density at radius 1 is 1.12 bits per heavy atom. The second kappa shape index (κ2) is 9.85. The van der Waals surface area contributed by atoms with Crippen LogP contribution >= 0.6 is 0 Å². The molecule has 26 heavy (non-hydrogen) atoms. The molecule has 2 rings (SSSR count). The number of benzene rings is 1. The molecule has 0 unspecified atom stereocenters. The molecule has 0 radical (unpaired) electrons. The molecule has 1 aromatic carbocycles. The predicted molar refractivity (Wildman–Crippen MR) is 102 cm³/mol. The van der Waals surface area contributed by atoms with Gasteiger partial charge in [-0.3, -0.25) is 4.79 Å². The summed E-state index contributed by atoms with van der Waals surface area (Å²) in [5, 5.41) is 2.88. The van der Waals surface area contributed by atoms with Crippen molar-refractivity contribution in [3.05, 3.63) is 53.1 Å². The van der Waals surface area contributed by atoms with Gasteiger partial charge in [0.2, 0.25) is 5.95 Å². The molecule has 0 aliphatic rings. The van der Waals surface area contributed by atoms with E-state index in [4.69, 9.17) is 0 Å². The summed E-state index contributed by atoms with van der Waals surface area (Å²) < 4.78 is 12.9. The van der Waals surface area contributed by atoms with Crippen LogP contribution in [0.5, 0.6) is 0 Å². The van der Waals surface area contributed by atoms with Gasteiger partial charge >= 0.3 is 0 Å². The highest BCUT2D eigenvalue weighted by atomic mass is 19.1. The van der Waals surface area contributed by atoms with Crippen molar-refractivity contribution in [3.8, 4) is 0 Å². The molecule has 1 aromatic heterocycles. The number of carbonyl (C=O) groups is 1. The molecule has 0 bridgehead atoms. The zero-order valence-electron chi connectivity index (χ0n) is 15.8. The van der Waals surface area contributed by atoms with E-state index in [-0.39, 0.29) is 11.7 Å². The van der Waals surface area contributed by atoms with Crippen LogP contribution in [-0.4, -0.2) is 35.5 Å². The van der Waals surface area contributed by atoms with Gasteiger partial charge in [0.05, 0.1) is 0 Å². The summed E-state index contributed by atoms with van der Waals surface area (Å²) in [6.45, 7) is 8.29. The molecule has 2 aromatic rings. The van der Waals surface area contributed by atoms with E-state index in [0.717, 1.165) is 37.2 Å². The largest absolute Gasteiger partial charge is 0.350 e. The molecule has 1 heterocycles. The van der Waals surface area contributed by atoms with Gasteiger partial charge in [0.15, 0.2) is 0 Å². The van der Waals surface area contributed by atoms with Crippen LogP contribution in [-0.2, 0) is 6.42 Å². The van der Waals surface area contributed by atoms with Gasteiger partial charge in [-0.1, -0.05) is 26.0 Å². The molecular formula is C20H27FN4O. The van der Waals surface area contributed by atoms with E-state index in [1.807, 2.05) is 6.92 Å². The van der Waals surface area contributed by atoms with E-state index in [1.165, 1.54) is 12.1 Å². The fourth-order valence-electron chi connectivity index (χ4n) is 2.72. The van der Waals surface area contributed by atoms with Crippen molar-refractivity contribution in [2.24, 2.45) is 0 Å². The van der Waals surface area contributed by atoms with Crippen molar-refractivity contribution in [3.63, 3.8) is 0 Å². The first-order valence-electron chi connectivity index (χ1n) is 9.16. The first-order chi connectivity index (χ1) is 12.5. The second-order valence-corrected chi connectivity index (χ2v) is 6.31. The van der Waals surface area contributed by atoms with Crippen molar-refractivity contribution >= 4 is 11.9 Å². The Morgan fingerprint density at radius 3 is 2.38 bits per heavy atom. The summed E-state index contributed by atoms with van der Waals surface area (Å²) in [5.41, 5.74) is 2.13. The molecule has 0 fully saturated rings. The molecule has 1 N–H and O–H groups in total. The Kier molecular flexibility index (Phi) is 7.51. The van der Waals surface area contributed by atoms with Crippen molar-refractivity contribution in [1.29, 1.82) is 0 Å². The van der Waals surface area contributed by atoms with Crippen LogP contribution in [0.2, 0.25) is 0 Å². The lowest BCUT2D eigenvalue weighted by Gasteiger charge is -2.22. The molecule has 6 heteroatoms. The second-order valence-electron chi connectivity index (χ2n) is 6.31. The molecule has 0 atom stereocenters.